The van der Waals surface area contributed by atoms with E-state index in [4.69, 9.17) is 16.3 Å². The Hall–Kier alpha value is -0.0600. The van der Waals surface area contributed by atoms with Gasteiger partial charge in [0.25, 0.3) is 0 Å². The van der Waals surface area contributed by atoms with Crippen LogP contribution in [0.3, 0.4) is 0 Å². The van der Waals surface area contributed by atoms with E-state index in [1.165, 1.54) is 0 Å². The van der Waals surface area contributed by atoms with Gasteiger partial charge in [-0.1, -0.05) is 17.7 Å². The van der Waals surface area contributed by atoms with Crippen molar-refractivity contribution in [2.45, 2.75) is 12.5 Å². The molecule has 92 valence electrons. The van der Waals surface area contributed by atoms with Gasteiger partial charge in [-0.15, -0.1) is 24.8 Å². The molecule has 1 atom stereocenters. The zero-order valence-corrected chi connectivity index (χ0v) is 11.1. The zero-order chi connectivity index (χ0) is 9.80. The lowest BCUT2D eigenvalue weighted by atomic mass is 10.1. The quantitative estimate of drug-likeness (QED) is 0.806. The van der Waals surface area contributed by atoms with Crippen LogP contribution in [-0.4, -0.2) is 24.7 Å². The van der Waals surface area contributed by atoms with E-state index < -0.39 is 0 Å². The number of pyridine rings is 1. The molecule has 0 aliphatic carbocycles. The van der Waals surface area contributed by atoms with Crippen LogP contribution in [0.2, 0.25) is 5.15 Å². The highest BCUT2D eigenvalue weighted by Crippen LogP contribution is 2.21. The van der Waals surface area contributed by atoms with Crippen molar-refractivity contribution < 1.29 is 4.74 Å². The number of nitrogens with zero attached hydrogens (tertiary/aromatic N) is 1. The van der Waals surface area contributed by atoms with Crippen LogP contribution in [0.15, 0.2) is 18.3 Å². The summed E-state index contributed by atoms with van der Waals surface area (Å²) in [6.45, 7) is 2.46. The number of hydrogen-bond donors (Lipinski definition) is 1. The van der Waals surface area contributed by atoms with Crippen molar-refractivity contribution >= 4 is 36.4 Å². The molecule has 0 spiro atoms. The second kappa shape index (κ2) is 8.09. The van der Waals surface area contributed by atoms with E-state index >= 15 is 0 Å². The number of nitrogens with one attached hydrogen (secondary N) is 1. The highest BCUT2D eigenvalue weighted by Gasteiger charge is 2.16. The van der Waals surface area contributed by atoms with E-state index in [0.29, 0.717) is 11.8 Å². The Morgan fingerprint density at radius 3 is 3.00 bits per heavy atom. The molecule has 1 fully saturated rings. The minimum Gasteiger partial charge on any atom is -0.379 e. The maximum Gasteiger partial charge on any atom is 0.133 e. The smallest absolute Gasteiger partial charge is 0.133 e. The standard InChI is InChI=1S/C10H13ClN2O.2ClH/c11-10-8(3-1-4-13-10)9-7-14-6-2-5-12-9;;/h1,3-4,9,12H,2,5-7H2;2*1H. The predicted octanol–water partition coefficient (Wildman–Crippen LogP) is 2.63. The molecular formula is C10H15Cl3N2O. The molecule has 0 radical (unpaired) electrons. The Bertz CT molecular complexity index is 304. The van der Waals surface area contributed by atoms with Crippen molar-refractivity contribution in [1.82, 2.24) is 10.3 Å². The van der Waals surface area contributed by atoms with Crippen LogP contribution in [0.25, 0.3) is 0 Å². The maximum atomic E-state index is 6.00. The molecule has 3 nitrogen and oxygen atoms in total. The van der Waals surface area contributed by atoms with Gasteiger partial charge < -0.3 is 10.1 Å². The lowest BCUT2D eigenvalue weighted by molar-refractivity contribution is 0.131. The Balaban J connectivity index is 0.00000112. The summed E-state index contributed by atoms with van der Waals surface area (Å²) in [5.74, 6) is 0. The van der Waals surface area contributed by atoms with E-state index in [0.717, 1.165) is 25.1 Å². The lowest BCUT2D eigenvalue weighted by Crippen LogP contribution is -2.23. The Labute approximate surface area is 113 Å². The fraction of sp³-hybridized carbons (Fsp3) is 0.500. The van der Waals surface area contributed by atoms with Crippen LogP contribution in [0.1, 0.15) is 18.0 Å². The van der Waals surface area contributed by atoms with Crippen molar-refractivity contribution in [2.75, 3.05) is 19.8 Å². The maximum absolute atomic E-state index is 6.00. The first-order chi connectivity index (χ1) is 6.88. The average Bonchev–Trinajstić information content (AvgIpc) is 2.47. The van der Waals surface area contributed by atoms with Gasteiger partial charge in [0.15, 0.2) is 0 Å². The van der Waals surface area contributed by atoms with E-state index in [2.05, 4.69) is 10.3 Å². The summed E-state index contributed by atoms with van der Waals surface area (Å²) in [4.78, 5) is 4.05. The number of hydrogen-bond acceptors (Lipinski definition) is 3. The first-order valence-electron chi connectivity index (χ1n) is 4.79. The van der Waals surface area contributed by atoms with Gasteiger partial charge >= 0.3 is 0 Å². The van der Waals surface area contributed by atoms with Gasteiger partial charge in [0.05, 0.1) is 12.6 Å². The number of rotatable bonds is 1. The average molecular weight is 286 g/mol. The Morgan fingerprint density at radius 2 is 2.25 bits per heavy atom. The van der Waals surface area contributed by atoms with Gasteiger partial charge in [-0.2, -0.15) is 0 Å². The Morgan fingerprint density at radius 1 is 1.44 bits per heavy atom. The molecule has 2 rings (SSSR count). The van der Waals surface area contributed by atoms with Crippen molar-refractivity contribution in [2.24, 2.45) is 0 Å². The topological polar surface area (TPSA) is 34.1 Å². The van der Waals surface area contributed by atoms with E-state index in [-0.39, 0.29) is 30.9 Å². The fourth-order valence-electron chi connectivity index (χ4n) is 1.57. The van der Waals surface area contributed by atoms with Crippen molar-refractivity contribution in [3.63, 3.8) is 0 Å². The van der Waals surface area contributed by atoms with Gasteiger partial charge in [0.1, 0.15) is 5.15 Å². The summed E-state index contributed by atoms with van der Waals surface area (Å²) in [6, 6.07) is 4.06. The van der Waals surface area contributed by atoms with Crippen LogP contribution < -0.4 is 5.32 Å². The minimum atomic E-state index is 0. The molecule has 16 heavy (non-hydrogen) atoms. The summed E-state index contributed by atoms with van der Waals surface area (Å²) in [5.41, 5.74) is 1.02. The highest BCUT2D eigenvalue weighted by atomic mass is 35.5. The van der Waals surface area contributed by atoms with Gasteiger partial charge in [-0.3, -0.25) is 0 Å². The number of ether oxygens (including phenoxy) is 1. The highest BCUT2D eigenvalue weighted by molar-refractivity contribution is 6.30. The van der Waals surface area contributed by atoms with Gasteiger partial charge in [-0.25, -0.2) is 4.98 Å². The SMILES string of the molecule is Cl.Cl.Clc1ncccc1C1COCCCN1. The van der Waals surface area contributed by atoms with Crippen LogP contribution in [-0.2, 0) is 4.74 Å². The van der Waals surface area contributed by atoms with Gasteiger partial charge in [0.2, 0.25) is 0 Å². The van der Waals surface area contributed by atoms with Crippen LogP contribution in [0.5, 0.6) is 0 Å². The molecule has 6 heteroatoms. The molecule has 1 aromatic rings. The van der Waals surface area contributed by atoms with E-state index in [1.807, 2.05) is 12.1 Å². The molecule has 1 aromatic heterocycles. The number of aromatic nitrogens is 1. The summed E-state index contributed by atoms with van der Waals surface area (Å²) in [7, 11) is 0. The molecular weight excluding hydrogens is 270 g/mol. The molecule has 0 saturated carbocycles. The zero-order valence-electron chi connectivity index (χ0n) is 8.69. The predicted molar refractivity (Wildman–Crippen MR) is 69.9 cm³/mol. The first kappa shape index (κ1) is 15.9. The summed E-state index contributed by atoms with van der Waals surface area (Å²) in [5, 5.41) is 3.95. The third-order valence-electron chi connectivity index (χ3n) is 2.30. The van der Waals surface area contributed by atoms with Crippen molar-refractivity contribution in [1.29, 1.82) is 0 Å². The monoisotopic (exact) mass is 284 g/mol. The molecule has 2 heterocycles. The second-order valence-corrected chi connectivity index (χ2v) is 3.68. The Kier molecular flexibility index (Phi) is 8.06. The summed E-state index contributed by atoms with van der Waals surface area (Å²) < 4.78 is 5.47. The molecule has 0 aromatic carbocycles. The summed E-state index contributed by atoms with van der Waals surface area (Å²) in [6.07, 6.45) is 2.75. The molecule has 1 aliphatic heterocycles. The second-order valence-electron chi connectivity index (χ2n) is 3.32. The van der Waals surface area contributed by atoms with Crippen molar-refractivity contribution in [3.8, 4) is 0 Å². The van der Waals surface area contributed by atoms with E-state index in [9.17, 15) is 0 Å². The normalized spacial score (nSPS) is 20.2. The van der Waals surface area contributed by atoms with Crippen LogP contribution in [0, 0.1) is 0 Å². The minimum absolute atomic E-state index is 0. The largest absolute Gasteiger partial charge is 0.379 e. The fourth-order valence-corrected chi connectivity index (χ4v) is 1.82. The van der Waals surface area contributed by atoms with Crippen LogP contribution in [0.4, 0.5) is 0 Å². The van der Waals surface area contributed by atoms with Crippen LogP contribution >= 0.6 is 36.4 Å². The first-order valence-corrected chi connectivity index (χ1v) is 5.17. The molecule has 1 aliphatic rings. The van der Waals surface area contributed by atoms with Crippen molar-refractivity contribution in [3.05, 3.63) is 29.0 Å². The van der Waals surface area contributed by atoms with Gasteiger partial charge in [-0.05, 0) is 19.0 Å². The lowest BCUT2D eigenvalue weighted by Gasteiger charge is -2.15. The van der Waals surface area contributed by atoms with Gasteiger partial charge in [0, 0.05) is 18.4 Å². The summed E-state index contributed by atoms with van der Waals surface area (Å²) >= 11 is 6.00. The van der Waals surface area contributed by atoms with E-state index in [1.54, 1.807) is 6.20 Å². The number of halogens is 3. The molecule has 1 saturated heterocycles. The molecule has 1 N–H and O–H groups in total. The third kappa shape index (κ3) is 4.07. The third-order valence-corrected chi connectivity index (χ3v) is 2.62. The molecule has 0 amide bonds. The molecule has 1 unspecified atom stereocenters. The molecule has 0 bridgehead atoms.